The molecule has 0 radical (unpaired) electrons. The Morgan fingerprint density at radius 3 is 2.38 bits per heavy atom. The van der Waals surface area contributed by atoms with Crippen LogP contribution in [0.15, 0.2) is 78.2 Å². The number of hydrogen-bond acceptors (Lipinski definition) is 4. The molecule has 1 aromatic heterocycles. The normalized spacial score (nSPS) is 19.0. The van der Waals surface area contributed by atoms with E-state index in [-0.39, 0.29) is 24.4 Å². The van der Waals surface area contributed by atoms with Crippen LogP contribution in [0.1, 0.15) is 35.4 Å². The lowest BCUT2D eigenvalue weighted by Crippen LogP contribution is -2.45. The molecule has 1 fully saturated rings. The highest BCUT2D eigenvalue weighted by molar-refractivity contribution is 7.10. The minimum absolute atomic E-state index is 0.319. The molecule has 2 heterocycles. The van der Waals surface area contributed by atoms with Crippen LogP contribution in [0.3, 0.4) is 0 Å². The molecule has 0 saturated carbocycles. The number of benzene rings is 2. The fraction of sp³-hybridized carbons (Fsp3) is 0.240. The average molecular weight is 448 g/mol. The molecule has 2 N–H and O–H groups in total. The van der Waals surface area contributed by atoms with Crippen LogP contribution in [0.2, 0.25) is 0 Å². The monoisotopic (exact) mass is 447 g/mol. The first-order valence-corrected chi connectivity index (χ1v) is 11.4. The van der Waals surface area contributed by atoms with Crippen LogP contribution in [0.25, 0.3) is 0 Å². The molecule has 7 heteroatoms. The largest absolute Gasteiger partial charge is 0.343 e. The van der Waals surface area contributed by atoms with Crippen molar-refractivity contribution in [3.63, 3.8) is 0 Å². The summed E-state index contributed by atoms with van der Waals surface area (Å²) in [5.74, 6) is -0.760. The van der Waals surface area contributed by atoms with E-state index in [4.69, 9.17) is 0 Å². The van der Waals surface area contributed by atoms with Crippen LogP contribution in [0.5, 0.6) is 0 Å². The van der Waals surface area contributed by atoms with Gasteiger partial charge < -0.3 is 10.6 Å². The Bertz CT molecular complexity index is 1090. The van der Waals surface area contributed by atoms with E-state index in [9.17, 15) is 14.4 Å². The Morgan fingerprint density at radius 2 is 1.72 bits per heavy atom. The molecule has 0 spiro atoms. The van der Waals surface area contributed by atoms with Gasteiger partial charge in [0.1, 0.15) is 12.1 Å². The van der Waals surface area contributed by atoms with Crippen LogP contribution < -0.4 is 10.6 Å². The molecule has 1 aliphatic rings. The fourth-order valence-corrected chi connectivity index (χ4v) is 4.67. The van der Waals surface area contributed by atoms with Crippen molar-refractivity contribution in [2.24, 2.45) is 0 Å². The molecule has 1 aliphatic heterocycles. The molecule has 2 atom stereocenters. The highest BCUT2D eigenvalue weighted by Gasteiger charge is 2.47. The smallest absolute Gasteiger partial charge is 0.325 e. The van der Waals surface area contributed by atoms with Gasteiger partial charge in [-0.3, -0.25) is 14.5 Å². The molecule has 0 bridgehead atoms. The van der Waals surface area contributed by atoms with Crippen LogP contribution in [-0.2, 0) is 16.0 Å². The van der Waals surface area contributed by atoms with E-state index in [1.807, 2.05) is 78.2 Å². The summed E-state index contributed by atoms with van der Waals surface area (Å²) in [5.41, 5.74) is 1.00. The second kappa shape index (κ2) is 9.36. The summed E-state index contributed by atoms with van der Waals surface area (Å²) in [6.45, 7) is 1.40. The number of imide groups is 1. The summed E-state index contributed by atoms with van der Waals surface area (Å²) in [5, 5.41) is 7.72. The second-order valence-corrected chi connectivity index (χ2v) is 9.05. The Morgan fingerprint density at radius 1 is 1.03 bits per heavy atom. The third-order valence-corrected chi connectivity index (χ3v) is 6.61. The standard InChI is InChI=1S/C25H25N3O3S/c1-25(15-14-18-9-4-2-5-10-18)23(30)28(24(31)27-25)17-21(29)26-22(20-13-8-16-32-20)19-11-6-3-7-12-19/h2-13,16,22H,14-15,17H2,1H3,(H,26,29)(H,27,31)/t22-,25+/m1/s1. The van der Waals surface area contributed by atoms with Crippen molar-refractivity contribution < 1.29 is 14.4 Å². The molecule has 1 saturated heterocycles. The topological polar surface area (TPSA) is 78.5 Å². The van der Waals surface area contributed by atoms with Gasteiger partial charge in [-0.25, -0.2) is 4.79 Å². The predicted octanol–water partition coefficient (Wildman–Crippen LogP) is 3.90. The zero-order valence-corrected chi connectivity index (χ0v) is 18.6. The van der Waals surface area contributed by atoms with Gasteiger partial charge in [0.05, 0.1) is 6.04 Å². The lowest BCUT2D eigenvalue weighted by molar-refractivity contribution is -0.134. The number of aryl methyl sites for hydroxylation is 1. The van der Waals surface area contributed by atoms with Crippen molar-refractivity contribution in [1.82, 2.24) is 15.5 Å². The van der Waals surface area contributed by atoms with E-state index in [1.165, 1.54) is 0 Å². The molecule has 4 rings (SSSR count). The van der Waals surface area contributed by atoms with Gasteiger partial charge in [-0.15, -0.1) is 11.3 Å². The molecular formula is C25H25N3O3S. The number of amides is 4. The third-order valence-electron chi connectivity index (χ3n) is 5.67. The Labute approximate surface area is 191 Å². The summed E-state index contributed by atoms with van der Waals surface area (Å²) < 4.78 is 0. The van der Waals surface area contributed by atoms with Gasteiger partial charge in [-0.1, -0.05) is 66.7 Å². The summed E-state index contributed by atoms with van der Waals surface area (Å²) in [4.78, 5) is 40.5. The number of hydrogen-bond donors (Lipinski definition) is 2. The Hall–Kier alpha value is -3.45. The number of nitrogens with zero attached hydrogens (tertiary/aromatic N) is 1. The van der Waals surface area contributed by atoms with Gasteiger partial charge in [-0.05, 0) is 42.3 Å². The number of rotatable bonds is 8. The zero-order valence-electron chi connectivity index (χ0n) is 17.8. The van der Waals surface area contributed by atoms with Crippen LogP contribution >= 0.6 is 11.3 Å². The summed E-state index contributed by atoms with van der Waals surface area (Å²) in [6.07, 6.45) is 1.11. The van der Waals surface area contributed by atoms with Gasteiger partial charge in [0.25, 0.3) is 5.91 Å². The van der Waals surface area contributed by atoms with E-state index in [0.717, 1.165) is 20.9 Å². The lowest BCUT2D eigenvalue weighted by Gasteiger charge is -2.22. The number of urea groups is 1. The van der Waals surface area contributed by atoms with E-state index >= 15 is 0 Å². The quantitative estimate of drug-likeness (QED) is 0.514. The molecule has 32 heavy (non-hydrogen) atoms. The highest BCUT2D eigenvalue weighted by atomic mass is 32.1. The average Bonchev–Trinajstić information content (AvgIpc) is 3.41. The molecule has 6 nitrogen and oxygen atoms in total. The molecule has 3 aromatic rings. The van der Waals surface area contributed by atoms with Gasteiger partial charge in [0.2, 0.25) is 5.91 Å². The van der Waals surface area contributed by atoms with Crippen molar-refractivity contribution in [3.05, 3.63) is 94.2 Å². The van der Waals surface area contributed by atoms with Gasteiger partial charge in [-0.2, -0.15) is 0 Å². The SMILES string of the molecule is C[C@@]1(CCc2ccccc2)NC(=O)N(CC(=O)N[C@H](c2ccccc2)c2cccs2)C1=O. The molecule has 2 aromatic carbocycles. The van der Waals surface area contributed by atoms with E-state index in [0.29, 0.717) is 12.8 Å². The van der Waals surface area contributed by atoms with Crippen molar-refractivity contribution in [1.29, 1.82) is 0 Å². The minimum Gasteiger partial charge on any atom is -0.343 e. The number of carbonyl (C=O) groups is 3. The summed E-state index contributed by atoms with van der Waals surface area (Å²) in [6, 6.07) is 22.5. The van der Waals surface area contributed by atoms with Gasteiger partial charge in [0, 0.05) is 4.88 Å². The summed E-state index contributed by atoms with van der Waals surface area (Å²) >= 11 is 1.54. The Kier molecular flexibility index (Phi) is 6.37. The molecule has 0 unspecified atom stereocenters. The van der Waals surface area contributed by atoms with Crippen LogP contribution in [-0.4, -0.2) is 34.8 Å². The van der Waals surface area contributed by atoms with Gasteiger partial charge in [0.15, 0.2) is 0 Å². The number of thiophene rings is 1. The molecule has 0 aliphatic carbocycles. The zero-order chi connectivity index (χ0) is 22.6. The van der Waals surface area contributed by atoms with Crippen molar-refractivity contribution in [2.45, 2.75) is 31.3 Å². The molecular weight excluding hydrogens is 422 g/mol. The number of nitrogens with one attached hydrogen (secondary N) is 2. The van der Waals surface area contributed by atoms with Crippen molar-refractivity contribution in [2.75, 3.05) is 6.54 Å². The van der Waals surface area contributed by atoms with Crippen molar-refractivity contribution in [3.8, 4) is 0 Å². The minimum atomic E-state index is -1.03. The van der Waals surface area contributed by atoms with E-state index < -0.39 is 11.6 Å². The first kappa shape index (κ1) is 21.8. The predicted molar refractivity (Wildman–Crippen MR) is 124 cm³/mol. The van der Waals surface area contributed by atoms with E-state index in [1.54, 1.807) is 18.3 Å². The second-order valence-electron chi connectivity index (χ2n) is 8.07. The van der Waals surface area contributed by atoms with Gasteiger partial charge >= 0.3 is 6.03 Å². The first-order valence-electron chi connectivity index (χ1n) is 10.5. The first-order chi connectivity index (χ1) is 15.5. The molecule has 164 valence electrons. The maximum Gasteiger partial charge on any atom is 0.325 e. The fourth-order valence-electron chi connectivity index (χ4n) is 3.87. The molecule has 4 amide bonds. The third kappa shape index (κ3) is 4.73. The van der Waals surface area contributed by atoms with Crippen LogP contribution in [0, 0.1) is 0 Å². The van der Waals surface area contributed by atoms with E-state index in [2.05, 4.69) is 10.6 Å². The lowest BCUT2D eigenvalue weighted by atomic mass is 9.93. The summed E-state index contributed by atoms with van der Waals surface area (Å²) in [7, 11) is 0. The maximum absolute atomic E-state index is 13.0. The highest BCUT2D eigenvalue weighted by Crippen LogP contribution is 2.27. The van der Waals surface area contributed by atoms with Crippen molar-refractivity contribution >= 4 is 29.2 Å². The Balaban J connectivity index is 1.43. The van der Waals surface area contributed by atoms with Crippen LogP contribution in [0.4, 0.5) is 4.79 Å². The number of carbonyl (C=O) groups excluding carboxylic acids is 3. The maximum atomic E-state index is 13.0.